The SMILES string of the molecule is CN1CCC(C(C)(C)CN2CCNCC2)CC1. The highest BCUT2D eigenvalue weighted by molar-refractivity contribution is 4.86. The molecule has 2 heterocycles. The molecule has 2 aliphatic heterocycles. The maximum Gasteiger partial charge on any atom is 0.0108 e. The van der Waals surface area contributed by atoms with Gasteiger partial charge in [0.1, 0.15) is 0 Å². The molecule has 0 unspecified atom stereocenters. The maximum atomic E-state index is 3.44. The topological polar surface area (TPSA) is 18.5 Å². The van der Waals surface area contributed by atoms with Gasteiger partial charge >= 0.3 is 0 Å². The second-order valence-electron chi connectivity index (χ2n) is 6.59. The third-order valence-corrected chi connectivity index (χ3v) is 4.66. The van der Waals surface area contributed by atoms with Gasteiger partial charge in [0.25, 0.3) is 0 Å². The first-order valence-corrected chi connectivity index (χ1v) is 7.19. The molecule has 2 fully saturated rings. The number of nitrogens with one attached hydrogen (secondary N) is 1. The predicted molar refractivity (Wildman–Crippen MR) is 73.3 cm³/mol. The van der Waals surface area contributed by atoms with Crippen LogP contribution in [0.1, 0.15) is 26.7 Å². The monoisotopic (exact) mass is 239 g/mol. The summed E-state index contributed by atoms with van der Waals surface area (Å²) in [6.45, 7) is 13.6. The molecule has 0 saturated carbocycles. The van der Waals surface area contributed by atoms with Crippen molar-refractivity contribution in [3.63, 3.8) is 0 Å². The van der Waals surface area contributed by atoms with Crippen molar-refractivity contribution < 1.29 is 0 Å². The van der Waals surface area contributed by atoms with E-state index in [0.29, 0.717) is 5.41 Å². The van der Waals surface area contributed by atoms with E-state index in [1.165, 1.54) is 58.7 Å². The normalized spacial score (nSPS) is 26.3. The summed E-state index contributed by atoms with van der Waals surface area (Å²) in [7, 11) is 2.25. The van der Waals surface area contributed by atoms with Crippen LogP contribution in [-0.4, -0.2) is 62.7 Å². The first kappa shape index (κ1) is 13.3. The van der Waals surface area contributed by atoms with Crippen LogP contribution < -0.4 is 5.32 Å². The number of likely N-dealkylation sites (tertiary alicyclic amines) is 1. The molecule has 0 amide bonds. The van der Waals surface area contributed by atoms with Gasteiger partial charge < -0.3 is 15.1 Å². The zero-order valence-electron chi connectivity index (χ0n) is 11.8. The molecule has 3 nitrogen and oxygen atoms in total. The summed E-state index contributed by atoms with van der Waals surface area (Å²) in [5.74, 6) is 0.911. The highest BCUT2D eigenvalue weighted by Gasteiger charge is 2.33. The lowest BCUT2D eigenvalue weighted by atomic mass is 9.73. The summed E-state index contributed by atoms with van der Waals surface area (Å²) in [5, 5.41) is 3.44. The molecule has 3 heteroatoms. The Bertz CT molecular complexity index is 226. The summed E-state index contributed by atoms with van der Waals surface area (Å²) in [4.78, 5) is 5.12. The molecule has 2 saturated heterocycles. The first-order valence-electron chi connectivity index (χ1n) is 7.19. The van der Waals surface area contributed by atoms with Gasteiger partial charge in [0.15, 0.2) is 0 Å². The molecule has 0 aromatic rings. The predicted octanol–water partition coefficient (Wildman–Crippen LogP) is 1.26. The molecule has 0 radical (unpaired) electrons. The van der Waals surface area contributed by atoms with Gasteiger partial charge in [-0.15, -0.1) is 0 Å². The summed E-state index contributed by atoms with van der Waals surface area (Å²) in [5.41, 5.74) is 0.485. The van der Waals surface area contributed by atoms with Gasteiger partial charge in [0, 0.05) is 32.7 Å². The minimum absolute atomic E-state index is 0.485. The van der Waals surface area contributed by atoms with E-state index in [9.17, 15) is 0 Å². The number of nitrogens with zero attached hydrogens (tertiary/aromatic N) is 2. The van der Waals surface area contributed by atoms with Gasteiger partial charge in [-0.2, -0.15) is 0 Å². The molecular formula is C14H29N3. The van der Waals surface area contributed by atoms with Crippen LogP contribution in [0.2, 0.25) is 0 Å². The number of piperazine rings is 1. The Balaban J connectivity index is 1.84. The van der Waals surface area contributed by atoms with Crippen molar-refractivity contribution in [1.29, 1.82) is 0 Å². The molecule has 0 aromatic heterocycles. The van der Waals surface area contributed by atoms with Crippen LogP contribution in [0.15, 0.2) is 0 Å². The van der Waals surface area contributed by atoms with E-state index in [2.05, 4.69) is 36.0 Å². The average Bonchev–Trinajstić information content (AvgIpc) is 2.30. The standard InChI is InChI=1S/C14H29N3/c1-14(2,12-17-10-6-15-7-11-17)13-4-8-16(3)9-5-13/h13,15H,4-12H2,1-3H3. The molecule has 2 aliphatic rings. The van der Waals surface area contributed by atoms with Crippen molar-refractivity contribution in [1.82, 2.24) is 15.1 Å². The van der Waals surface area contributed by atoms with E-state index in [1.54, 1.807) is 0 Å². The van der Waals surface area contributed by atoms with Crippen molar-refractivity contribution >= 4 is 0 Å². The smallest absolute Gasteiger partial charge is 0.0108 e. The highest BCUT2D eigenvalue weighted by Crippen LogP contribution is 2.35. The van der Waals surface area contributed by atoms with Gasteiger partial charge in [0.05, 0.1) is 0 Å². The van der Waals surface area contributed by atoms with E-state index in [-0.39, 0.29) is 0 Å². The van der Waals surface area contributed by atoms with Crippen LogP contribution in [-0.2, 0) is 0 Å². The Morgan fingerprint density at radius 3 is 2.24 bits per heavy atom. The fourth-order valence-electron chi connectivity index (χ4n) is 3.36. The molecule has 0 aromatic carbocycles. The van der Waals surface area contributed by atoms with E-state index < -0.39 is 0 Å². The fraction of sp³-hybridized carbons (Fsp3) is 1.00. The van der Waals surface area contributed by atoms with Crippen molar-refractivity contribution in [2.45, 2.75) is 26.7 Å². The Morgan fingerprint density at radius 2 is 1.65 bits per heavy atom. The lowest BCUT2D eigenvalue weighted by molar-refractivity contribution is 0.0672. The summed E-state index contributed by atoms with van der Waals surface area (Å²) in [6, 6.07) is 0. The molecule has 0 aliphatic carbocycles. The van der Waals surface area contributed by atoms with Crippen molar-refractivity contribution in [3.8, 4) is 0 Å². The van der Waals surface area contributed by atoms with Gasteiger partial charge in [0.2, 0.25) is 0 Å². The Hall–Kier alpha value is -0.120. The van der Waals surface area contributed by atoms with Crippen LogP contribution in [0, 0.1) is 11.3 Å². The van der Waals surface area contributed by atoms with Crippen molar-refractivity contribution in [2.75, 3.05) is 52.9 Å². The lowest BCUT2D eigenvalue weighted by Gasteiger charge is -2.43. The molecule has 1 N–H and O–H groups in total. The van der Waals surface area contributed by atoms with Gasteiger partial charge in [-0.05, 0) is 44.3 Å². The average molecular weight is 239 g/mol. The lowest BCUT2D eigenvalue weighted by Crippen LogP contribution is -2.49. The van der Waals surface area contributed by atoms with Crippen LogP contribution in [0.3, 0.4) is 0 Å². The molecule has 0 bridgehead atoms. The fourth-order valence-corrected chi connectivity index (χ4v) is 3.36. The summed E-state index contributed by atoms with van der Waals surface area (Å²) < 4.78 is 0. The number of piperidine rings is 1. The van der Waals surface area contributed by atoms with Crippen LogP contribution in [0.4, 0.5) is 0 Å². The summed E-state index contributed by atoms with van der Waals surface area (Å²) >= 11 is 0. The van der Waals surface area contributed by atoms with E-state index in [4.69, 9.17) is 0 Å². The molecule has 2 rings (SSSR count). The zero-order chi connectivity index (χ0) is 12.3. The second kappa shape index (κ2) is 5.68. The van der Waals surface area contributed by atoms with E-state index in [1.807, 2.05) is 0 Å². The first-order chi connectivity index (χ1) is 8.08. The quantitative estimate of drug-likeness (QED) is 0.800. The number of hydrogen-bond acceptors (Lipinski definition) is 3. The van der Waals surface area contributed by atoms with E-state index >= 15 is 0 Å². The van der Waals surface area contributed by atoms with Gasteiger partial charge in [-0.25, -0.2) is 0 Å². The Morgan fingerprint density at radius 1 is 1.06 bits per heavy atom. The van der Waals surface area contributed by atoms with Crippen molar-refractivity contribution in [2.24, 2.45) is 11.3 Å². The van der Waals surface area contributed by atoms with Crippen LogP contribution in [0.25, 0.3) is 0 Å². The molecule has 0 atom stereocenters. The van der Waals surface area contributed by atoms with Crippen molar-refractivity contribution in [3.05, 3.63) is 0 Å². The molecular weight excluding hydrogens is 210 g/mol. The maximum absolute atomic E-state index is 3.44. The molecule has 17 heavy (non-hydrogen) atoms. The minimum atomic E-state index is 0.485. The number of hydrogen-bond donors (Lipinski definition) is 1. The van der Waals surface area contributed by atoms with Crippen LogP contribution >= 0.6 is 0 Å². The Labute approximate surface area is 107 Å². The largest absolute Gasteiger partial charge is 0.314 e. The molecule has 0 spiro atoms. The Kier molecular flexibility index (Phi) is 4.45. The minimum Gasteiger partial charge on any atom is -0.314 e. The third kappa shape index (κ3) is 3.67. The highest BCUT2D eigenvalue weighted by atomic mass is 15.2. The number of rotatable bonds is 3. The molecule has 100 valence electrons. The summed E-state index contributed by atoms with van der Waals surface area (Å²) in [6.07, 6.45) is 2.77. The zero-order valence-corrected chi connectivity index (χ0v) is 11.8. The van der Waals surface area contributed by atoms with Gasteiger partial charge in [-0.3, -0.25) is 0 Å². The third-order valence-electron chi connectivity index (χ3n) is 4.66. The van der Waals surface area contributed by atoms with Crippen LogP contribution in [0.5, 0.6) is 0 Å². The van der Waals surface area contributed by atoms with E-state index in [0.717, 1.165) is 5.92 Å². The van der Waals surface area contributed by atoms with Gasteiger partial charge in [-0.1, -0.05) is 13.8 Å². The second-order valence-corrected chi connectivity index (χ2v) is 6.59.